The number of imide groups is 1. The molecule has 3 aromatic rings. The summed E-state index contributed by atoms with van der Waals surface area (Å²) in [6.07, 6.45) is 7.48. The minimum atomic E-state index is -0.793. The molecule has 2 aliphatic rings. The van der Waals surface area contributed by atoms with Gasteiger partial charge in [-0.3, -0.25) is 29.0 Å². The highest BCUT2D eigenvalue weighted by molar-refractivity contribution is 5.99. The summed E-state index contributed by atoms with van der Waals surface area (Å²) >= 11 is 0. The molecule has 0 saturated carbocycles. The van der Waals surface area contributed by atoms with Crippen molar-refractivity contribution in [1.82, 2.24) is 29.4 Å². The molecule has 0 bridgehead atoms. The first kappa shape index (κ1) is 25.6. The van der Waals surface area contributed by atoms with Gasteiger partial charge in [-0.1, -0.05) is 0 Å². The molecular formula is C26H31N7O5. The van der Waals surface area contributed by atoms with Crippen LogP contribution in [0.2, 0.25) is 0 Å². The topological polar surface area (TPSA) is 131 Å². The molecule has 3 aromatic heterocycles. The summed E-state index contributed by atoms with van der Waals surface area (Å²) in [6.45, 7) is 5.41. The molecule has 200 valence electrons. The van der Waals surface area contributed by atoms with E-state index < -0.39 is 17.6 Å². The summed E-state index contributed by atoms with van der Waals surface area (Å²) in [5.41, 5.74) is 0.563. The average molecular weight is 522 g/mol. The van der Waals surface area contributed by atoms with Gasteiger partial charge in [0.05, 0.1) is 6.61 Å². The van der Waals surface area contributed by atoms with Crippen LogP contribution < -0.4 is 20.6 Å². The molecule has 0 aromatic carbocycles. The van der Waals surface area contributed by atoms with E-state index in [-0.39, 0.29) is 18.7 Å². The molecule has 1 atom stereocenters. The molecule has 38 heavy (non-hydrogen) atoms. The van der Waals surface area contributed by atoms with Crippen LogP contribution in [-0.4, -0.2) is 81.5 Å². The molecule has 5 heterocycles. The minimum absolute atomic E-state index is 0.177. The van der Waals surface area contributed by atoms with Gasteiger partial charge in [0.25, 0.3) is 5.91 Å². The number of rotatable bonds is 10. The number of hydrogen-bond donors (Lipinski definition) is 1. The van der Waals surface area contributed by atoms with Crippen molar-refractivity contribution in [1.29, 1.82) is 0 Å². The second-order valence-electron chi connectivity index (χ2n) is 9.59. The van der Waals surface area contributed by atoms with Crippen LogP contribution in [0.4, 0.5) is 5.82 Å². The number of amides is 2. The van der Waals surface area contributed by atoms with Gasteiger partial charge in [-0.15, -0.1) is 5.10 Å². The van der Waals surface area contributed by atoms with Crippen molar-refractivity contribution in [3.05, 3.63) is 52.7 Å². The van der Waals surface area contributed by atoms with E-state index in [2.05, 4.69) is 25.2 Å². The Morgan fingerprint density at radius 2 is 1.89 bits per heavy atom. The third kappa shape index (κ3) is 5.75. The number of pyridine rings is 2. The number of unbranched alkanes of at least 4 members (excludes halogenated alkanes) is 2. The highest BCUT2D eigenvalue weighted by atomic mass is 16.5. The van der Waals surface area contributed by atoms with E-state index in [9.17, 15) is 19.2 Å². The van der Waals surface area contributed by atoms with Crippen molar-refractivity contribution in [2.45, 2.75) is 38.1 Å². The second-order valence-corrected chi connectivity index (χ2v) is 9.59. The van der Waals surface area contributed by atoms with Crippen molar-refractivity contribution < 1.29 is 19.1 Å². The number of anilines is 1. The molecule has 1 unspecified atom stereocenters. The van der Waals surface area contributed by atoms with Crippen LogP contribution >= 0.6 is 0 Å². The van der Waals surface area contributed by atoms with E-state index in [4.69, 9.17) is 4.74 Å². The Hall–Kier alpha value is -4.06. The zero-order valence-electron chi connectivity index (χ0n) is 21.1. The molecule has 0 radical (unpaired) electrons. The zero-order chi connectivity index (χ0) is 26.5. The van der Waals surface area contributed by atoms with E-state index in [0.717, 1.165) is 68.8 Å². The van der Waals surface area contributed by atoms with Crippen LogP contribution in [0.1, 0.15) is 48.5 Å². The van der Waals surface area contributed by atoms with Gasteiger partial charge in [0.1, 0.15) is 17.6 Å². The van der Waals surface area contributed by atoms with Crippen LogP contribution in [0.5, 0.6) is 5.75 Å². The molecule has 5 rings (SSSR count). The largest absolute Gasteiger partial charge is 0.493 e. The van der Waals surface area contributed by atoms with Gasteiger partial charge >= 0.3 is 5.69 Å². The third-order valence-electron chi connectivity index (χ3n) is 7.01. The molecule has 12 heteroatoms. The minimum Gasteiger partial charge on any atom is -0.493 e. The van der Waals surface area contributed by atoms with Crippen molar-refractivity contribution >= 4 is 29.6 Å². The smallest absolute Gasteiger partial charge is 0.351 e. The number of ether oxygens (including phenoxy) is 1. The predicted molar refractivity (Wildman–Crippen MR) is 138 cm³/mol. The highest BCUT2D eigenvalue weighted by Gasteiger charge is 2.30. The first-order valence-electron chi connectivity index (χ1n) is 13.0. The second kappa shape index (κ2) is 11.5. The summed E-state index contributed by atoms with van der Waals surface area (Å²) in [5.74, 6) is 0.687. The number of nitrogens with zero attached hydrogens (tertiary/aromatic N) is 6. The van der Waals surface area contributed by atoms with Gasteiger partial charge in [-0.2, -0.15) is 4.68 Å². The number of nitrogens with one attached hydrogen (secondary N) is 1. The number of aromatic nitrogens is 4. The van der Waals surface area contributed by atoms with Gasteiger partial charge in [-0.25, -0.2) is 9.78 Å². The van der Waals surface area contributed by atoms with Crippen molar-refractivity contribution in [3.8, 4) is 5.75 Å². The molecule has 0 spiro atoms. The van der Waals surface area contributed by atoms with Crippen molar-refractivity contribution in [2.24, 2.45) is 0 Å². The quantitative estimate of drug-likeness (QED) is 0.236. The van der Waals surface area contributed by atoms with E-state index in [1.807, 2.05) is 6.07 Å². The normalized spacial score (nSPS) is 18.5. The molecule has 2 fully saturated rings. The maximum absolute atomic E-state index is 12.7. The lowest BCUT2D eigenvalue weighted by molar-refractivity contribution is -0.136. The number of carbonyl (C=O) groups excluding carboxylic acids is 3. The molecule has 12 nitrogen and oxygen atoms in total. The van der Waals surface area contributed by atoms with E-state index >= 15 is 0 Å². The first-order valence-corrected chi connectivity index (χ1v) is 13.0. The zero-order valence-corrected chi connectivity index (χ0v) is 21.1. The first-order chi connectivity index (χ1) is 18.5. The fraction of sp³-hybridized carbons (Fsp3) is 0.462. The average Bonchev–Trinajstić information content (AvgIpc) is 3.26. The molecule has 2 aliphatic heterocycles. The third-order valence-corrected chi connectivity index (χ3v) is 7.01. The predicted octanol–water partition coefficient (Wildman–Crippen LogP) is 1.05. The number of hydrogen-bond acceptors (Lipinski definition) is 9. The van der Waals surface area contributed by atoms with Crippen LogP contribution in [-0.2, 0) is 9.59 Å². The fourth-order valence-corrected chi connectivity index (χ4v) is 4.84. The Balaban J connectivity index is 1.03. The summed E-state index contributed by atoms with van der Waals surface area (Å²) in [5, 5.41) is 6.56. The molecule has 2 saturated heterocycles. The summed E-state index contributed by atoms with van der Waals surface area (Å²) in [6, 6.07) is 6.31. The summed E-state index contributed by atoms with van der Waals surface area (Å²) < 4.78 is 8.39. The van der Waals surface area contributed by atoms with Crippen LogP contribution in [0.25, 0.3) is 5.65 Å². The number of piperazine rings is 1. The molecule has 2 amide bonds. The van der Waals surface area contributed by atoms with Crippen LogP contribution in [0.15, 0.2) is 41.5 Å². The number of fused-ring (bicyclic) bond motifs is 1. The van der Waals surface area contributed by atoms with Crippen molar-refractivity contribution in [3.63, 3.8) is 0 Å². The lowest BCUT2D eigenvalue weighted by Crippen LogP contribution is -2.46. The maximum Gasteiger partial charge on any atom is 0.351 e. The van der Waals surface area contributed by atoms with E-state index in [0.29, 0.717) is 23.6 Å². The Labute approximate surface area is 219 Å². The number of carbonyl (C=O) groups is 3. The standard InChI is InChI=1S/C26H31N7O5/c34-18-19-4-6-22(27-17-19)31-13-11-30(12-14-31)9-2-1-3-15-38-20-8-10-32-23(16-20)29-33(26(32)37)21-5-7-24(35)28-25(21)36/h4,6,8,10,16-18,21H,1-3,5,7,9,11-15H2,(H,28,35,36). The van der Waals surface area contributed by atoms with Crippen LogP contribution in [0, 0.1) is 0 Å². The van der Waals surface area contributed by atoms with Gasteiger partial charge in [0.2, 0.25) is 5.91 Å². The molecule has 0 aliphatic carbocycles. The lowest BCUT2D eigenvalue weighted by atomic mass is 10.1. The van der Waals surface area contributed by atoms with Gasteiger partial charge in [-0.05, 0) is 50.4 Å². The molecular weight excluding hydrogens is 490 g/mol. The lowest BCUT2D eigenvalue weighted by Gasteiger charge is -2.35. The van der Waals surface area contributed by atoms with Gasteiger partial charge in [0.15, 0.2) is 11.9 Å². The SMILES string of the molecule is O=Cc1ccc(N2CCN(CCCCCOc3ccn4c(=O)n(C5CCC(=O)NC5=O)nc4c3)CC2)nc1. The van der Waals surface area contributed by atoms with Crippen LogP contribution in [0.3, 0.4) is 0 Å². The summed E-state index contributed by atoms with van der Waals surface area (Å²) in [4.78, 5) is 56.1. The maximum atomic E-state index is 12.7. The Bertz CT molecular complexity index is 1360. The van der Waals surface area contributed by atoms with E-state index in [1.165, 1.54) is 4.40 Å². The Morgan fingerprint density at radius 1 is 1.05 bits per heavy atom. The Morgan fingerprint density at radius 3 is 2.63 bits per heavy atom. The number of aldehydes is 1. The van der Waals surface area contributed by atoms with Crippen molar-refractivity contribution in [2.75, 3.05) is 44.2 Å². The van der Waals surface area contributed by atoms with Gasteiger partial charge in [0, 0.05) is 56.6 Å². The fourth-order valence-electron chi connectivity index (χ4n) is 4.84. The summed E-state index contributed by atoms with van der Waals surface area (Å²) in [7, 11) is 0. The van der Waals surface area contributed by atoms with Gasteiger partial charge < -0.3 is 9.64 Å². The highest BCUT2D eigenvalue weighted by Crippen LogP contribution is 2.19. The monoisotopic (exact) mass is 521 g/mol. The molecule has 1 N–H and O–H groups in total. The number of piperidine rings is 1. The Kier molecular flexibility index (Phi) is 7.78. The van der Waals surface area contributed by atoms with E-state index in [1.54, 1.807) is 30.6 Å².